The van der Waals surface area contributed by atoms with Crippen LogP contribution in [-0.4, -0.2) is 52.7 Å². The Labute approximate surface area is 181 Å². The highest BCUT2D eigenvalue weighted by Crippen LogP contribution is 2.34. The van der Waals surface area contributed by atoms with Gasteiger partial charge in [0, 0.05) is 31.5 Å². The Morgan fingerprint density at radius 1 is 1.17 bits per heavy atom. The van der Waals surface area contributed by atoms with E-state index in [1.54, 1.807) is 0 Å². The zero-order valence-electron chi connectivity index (χ0n) is 17.1. The van der Waals surface area contributed by atoms with E-state index in [4.69, 9.17) is 31.0 Å². The van der Waals surface area contributed by atoms with Gasteiger partial charge in [0.15, 0.2) is 6.23 Å². The second-order valence-corrected chi connectivity index (χ2v) is 8.51. The van der Waals surface area contributed by atoms with Gasteiger partial charge in [-0.15, -0.1) is 11.6 Å². The topological polar surface area (TPSA) is 65.3 Å². The molecule has 2 unspecified atom stereocenters. The second-order valence-electron chi connectivity index (χ2n) is 7.86. The molecule has 0 bridgehead atoms. The molecule has 1 aromatic carbocycles. The van der Waals surface area contributed by atoms with Crippen molar-refractivity contribution in [1.29, 1.82) is 0 Å². The average molecular weight is 428 g/mol. The number of benzene rings is 1. The lowest BCUT2D eigenvalue weighted by Crippen LogP contribution is -2.36. The Morgan fingerprint density at radius 2 is 2.03 bits per heavy atom. The molecular formula is C22H26ClN5O2. The lowest BCUT2D eigenvalue weighted by Gasteiger charge is -2.28. The van der Waals surface area contributed by atoms with Gasteiger partial charge < -0.3 is 14.4 Å². The van der Waals surface area contributed by atoms with Crippen LogP contribution in [0.25, 0.3) is 22.3 Å². The van der Waals surface area contributed by atoms with Gasteiger partial charge in [0.1, 0.15) is 5.82 Å². The van der Waals surface area contributed by atoms with Gasteiger partial charge in [-0.2, -0.15) is 5.10 Å². The molecule has 4 heterocycles. The summed E-state index contributed by atoms with van der Waals surface area (Å²) in [6, 6.07) is 6.22. The summed E-state index contributed by atoms with van der Waals surface area (Å²) in [6.07, 6.45) is 6.89. The minimum Gasteiger partial charge on any atom is -0.378 e. The number of aromatic nitrogens is 4. The second kappa shape index (κ2) is 8.49. The molecule has 0 amide bonds. The van der Waals surface area contributed by atoms with E-state index >= 15 is 0 Å². The summed E-state index contributed by atoms with van der Waals surface area (Å²) in [4.78, 5) is 11.9. The molecule has 0 radical (unpaired) electrons. The number of hydrogen-bond acceptors (Lipinski definition) is 6. The van der Waals surface area contributed by atoms with E-state index in [0.717, 1.165) is 72.6 Å². The van der Waals surface area contributed by atoms with Crippen LogP contribution in [-0.2, 0) is 9.47 Å². The van der Waals surface area contributed by atoms with Crippen LogP contribution < -0.4 is 4.90 Å². The molecule has 7 nitrogen and oxygen atoms in total. The lowest BCUT2D eigenvalue weighted by atomic mass is 10.0. The minimum atomic E-state index is -0.191. The molecule has 8 heteroatoms. The van der Waals surface area contributed by atoms with Crippen molar-refractivity contribution in [2.45, 2.75) is 37.8 Å². The molecule has 30 heavy (non-hydrogen) atoms. The van der Waals surface area contributed by atoms with Crippen molar-refractivity contribution >= 4 is 28.5 Å². The smallest absolute Gasteiger partial charge is 0.150 e. The molecule has 2 fully saturated rings. The van der Waals surface area contributed by atoms with Gasteiger partial charge >= 0.3 is 0 Å². The molecule has 2 saturated heterocycles. The molecule has 158 valence electrons. The Morgan fingerprint density at radius 3 is 2.80 bits per heavy atom. The summed E-state index contributed by atoms with van der Waals surface area (Å²) >= 11 is 6.59. The fourth-order valence-electron chi connectivity index (χ4n) is 4.22. The fourth-order valence-corrected chi connectivity index (χ4v) is 4.38. The zero-order valence-corrected chi connectivity index (χ0v) is 17.9. The van der Waals surface area contributed by atoms with Crippen LogP contribution in [0.3, 0.4) is 0 Å². The van der Waals surface area contributed by atoms with Crippen LogP contribution >= 0.6 is 11.6 Å². The number of halogens is 1. The van der Waals surface area contributed by atoms with Crippen molar-refractivity contribution in [2.75, 3.05) is 37.8 Å². The minimum absolute atomic E-state index is 0.0221. The molecule has 2 aliphatic rings. The van der Waals surface area contributed by atoms with Gasteiger partial charge in [0.05, 0.1) is 41.5 Å². The first kappa shape index (κ1) is 19.7. The predicted octanol–water partition coefficient (Wildman–Crippen LogP) is 4.33. The number of alkyl halides is 1. The Kier molecular flexibility index (Phi) is 5.58. The Bertz CT molecular complexity index is 1030. The maximum absolute atomic E-state index is 6.59. The molecule has 0 aliphatic carbocycles. The van der Waals surface area contributed by atoms with Crippen molar-refractivity contribution in [3.63, 3.8) is 0 Å². The Hall–Kier alpha value is -2.22. The van der Waals surface area contributed by atoms with Crippen molar-refractivity contribution in [3.05, 3.63) is 36.2 Å². The van der Waals surface area contributed by atoms with Crippen LogP contribution in [0.5, 0.6) is 0 Å². The molecule has 2 atom stereocenters. The molecule has 5 rings (SSSR count). The van der Waals surface area contributed by atoms with Gasteiger partial charge in [-0.3, -0.25) is 4.98 Å². The quantitative estimate of drug-likeness (QED) is 0.577. The van der Waals surface area contributed by atoms with E-state index in [9.17, 15) is 0 Å². The summed E-state index contributed by atoms with van der Waals surface area (Å²) in [5.74, 6) is 0.873. The molecule has 0 N–H and O–H groups in total. The average Bonchev–Trinajstić information content (AvgIpc) is 3.29. The van der Waals surface area contributed by atoms with E-state index < -0.39 is 0 Å². The third-order valence-electron chi connectivity index (χ3n) is 5.82. The van der Waals surface area contributed by atoms with E-state index in [1.165, 1.54) is 0 Å². The van der Waals surface area contributed by atoms with Crippen LogP contribution in [0.2, 0.25) is 0 Å². The van der Waals surface area contributed by atoms with Crippen molar-refractivity contribution < 1.29 is 9.47 Å². The largest absolute Gasteiger partial charge is 0.378 e. The number of fused-ring (bicyclic) bond motifs is 1. The number of anilines is 1. The lowest BCUT2D eigenvalue weighted by molar-refractivity contribution is -0.0383. The van der Waals surface area contributed by atoms with Crippen LogP contribution in [0.4, 0.5) is 5.82 Å². The maximum Gasteiger partial charge on any atom is 0.150 e. The molecule has 0 saturated carbocycles. The van der Waals surface area contributed by atoms with E-state index in [2.05, 4.69) is 22.1 Å². The summed E-state index contributed by atoms with van der Waals surface area (Å²) in [7, 11) is 0. The molecule has 3 aromatic rings. The summed E-state index contributed by atoms with van der Waals surface area (Å²) in [6.45, 7) is 5.83. The summed E-state index contributed by atoms with van der Waals surface area (Å²) in [5.41, 5.74) is 4.71. The first-order valence-corrected chi connectivity index (χ1v) is 11.1. The van der Waals surface area contributed by atoms with Gasteiger partial charge in [-0.25, -0.2) is 9.67 Å². The first-order valence-electron chi connectivity index (χ1n) is 10.6. The van der Waals surface area contributed by atoms with Crippen molar-refractivity contribution in [3.8, 4) is 11.3 Å². The van der Waals surface area contributed by atoms with E-state index in [1.807, 2.05) is 30.1 Å². The van der Waals surface area contributed by atoms with E-state index in [0.29, 0.717) is 13.2 Å². The van der Waals surface area contributed by atoms with Gasteiger partial charge in [-0.1, -0.05) is 0 Å². The highest BCUT2D eigenvalue weighted by molar-refractivity contribution is 6.21. The predicted molar refractivity (Wildman–Crippen MR) is 117 cm³/mol. The van der Waals surface area contributed by atoms with Crippen LogP contribution in [0, 0.1) is 0 Å². The fraction of sp³-hybridized carbons (Fsp3) is 0.500. The SMILES string of the molecule is CC(Cl)c1cc(-c2ccnn2C2CCCCO2)cc2ncc(N3CCOCC3)nc12. The standard InChI is InChI=1S/C22H26ClN5O2/c1-15(23)17-12-16(19-5-6-25-28(19)21-4-2-3-9-30-21)13-18-22(17)26-20(14-24-18)27-7-10-29-11-8-27/h5-6,12-15,21H,2-4,7-11H2,1H3. The number of ether oxygens (including phenoxy) is 2. The third-order valence-corrected chi connectivity index (χ3v) is 6.06. The number of morpholine rings is 1. The van der Waals surface area contributed by atoms with Crippen molar-refractivity contribution in [1.82, 2.24) is 19.7 Å². The number of hydrogen-bond donors (Lipinski definition) is 0. The molecule has 2 aliphatic heterocycles. The maximum atomic E-state index is 6.59. The monoisotopic (exact) mass is 427 g/mol. The summed E-state index contributed by atoms with van der Waals surface area (Å²) < 4.78 is 13.4. The van der Waals surface area contributed by atoms with Gasteiger partial charge in [-0.05, 0) is 49.9 Å². The number of nitrogens with zero attached hydrogens (tertiary/aromatic N) is 5. The van der Waals surface area contributed by atoms with Gasteiger partial charge in [0.25, 0.3) is 0 Å². The Balaban J connectivity index is 1.57. The van der Waals surface area contributed by atoms with Crippen LogP contribution in [0.1, 0.15) is 43.4 Å². The summed E-state index contributed by atoms with van der Waals surface area (Å²) in [5, 5.41) is 4.36. The normalized spacial score (nSPS) is 21.1. The number of rotatable bonds is 4. The van der Waals surface area contributed by atoms with Crippen molar-refractivity contribution in [2.24, 2.45) is 0 Å². The molecule has 2 aromatic heterocycles. The zero-order chi connectivity index (χ0) is 20.5. The van der Waals surface area contributed by atoms with E-state index in [-0.39, 0.29) is 11.6 Å². The van der Waals surface area contributed by atoms with Crippen LogP contribution in [0.15, 0.2) is 30.6 Å². The molecular weight excluding hydrogens is 402 g/mol. The highest BCUT2D eigenvalue weighted by atomic mass is 35.5. The first-order chi connectivity index (χ1) is 14.7. The highest BCUT2D eigenvalue weighted by Gasteiger charge is 2.22. The molecule has 0 spiro atoms. The third kappa shape index (κ3) is 3.77. The van der Waals surface area contributed by atoms with Gasteiger partial charge in [0.2, 0.25) is 0 Å².